The van der Waals surface area contributed by atoms with Crippen LogP contribution in [-0.2, 0) is 14.8 Å². The molecular formula is C30H29F3N8O6S. The first kappa shape index (κ1) is 33.9. The number of benzene rings is 2. The van der Waals surface area contributed by atoms with Crippen molar-refractivity contribution < 1.29 is 40.7 Å². The van der Waals surface area contributed by atoms with Gasteiger partial charge in [-0.15, -0.1) is 0 Å². The summed E-state index contributed by atoms with van der Waals surface area (Å²) in [5.74, 6) is -2.24. The molecule has 0 unspecified atom stereocenters. The first-order valence-electron chi connectivity index (χ1n) is 14.3. The Balaban J connectivity index is 0.000000582. The van der Waals surface area contributed by atoms with Crippen molar-refractivity contribution in [1.29, 1.82) is 0 Å². The number of aliphatic carboxylic acids is 1. The van der Waals surface area contributed by atoms with Gasteiger partial charge in [-0.05, 0) is 63.2 Å². The fourth-order valence-corrected chi connectivity index (χ4v) is 5.64. The van der Waals surface area contributed by atoms with Crippen LogP contribution >= 0.6 is 0 Å². The first-order chi connectivity index (χ1) is 22.7. The molecule has 1 saturated heterocycles. The van der Waals surface area contributed by atoms with Crippen LogP contribution in [-0.4, -0.2) is 64.5 Å². The summed E-state index contributed by atoms with van der Waals surface area (Å²) in [6.07, 6.45) is 2.48. The number of oxazole rings is 1. The Kier molecular flexibility index (Phi) is 9.67. The molecule has 14 nitrogen and oxygen atoms in total. The molecule has 5 aromatic rings. The largest absolute Gasteiger partial charge is 0.490 e. The second-order valence-corrected chi connectivity index (χ2v) is 12.4. The number of carboxylic acid groups (broad SMARTS) is 1. The number of nitrogens with zero attached hydrogens (tertiary/aromatic N) is 4. The van der Waals surface area contributed by atoms with E-state index in [1.165, 1.54) is 12.1 Å². The van der Waals surface area contributed by atoms with Crippen LogP contribution in [0.4, 0.5) is 29.5 Å². The van der Waals surface area contributed by atoms with Gasteiger partial charge in [-0.2, -0.15) is 18.3 Å². The van der Waals surface area contributed by atoms with E-state index in [0.717, 1.165) is 42.6 Å². The number of urea groups is 1. The number of rotatable bonds is 6. The topological polar surface area (TPSA) is 207 Å². The Morgan fingerprint density at radius 1 is 1.06 bits per heavy atom. The van der Waals surface area contributed by atoms with Gasteiger partial charge in [-0.3, -0.25) is 4.68 Å². The van der Waals surface area contributed by atoms with Crippen molar-refractivity contribution >= 4 is 44.6 Å². The van der Waals surface area contributed by atoms with Crippen LogP contribution in [0.2, 0.25) is 0 Å². The smallest absolute Gasteiger partial charge is 0.475 e. The number of carbonyl (C=O) groups is 2. The molecule has 3 aromatic heterocycles. The van der Waals surface area contributed by atoms with Crippen LogP contribution in [0.15, 0.2) is 76.4 Å². The normalized spacial score (nSPS) is 13.8. The van der Waals surface area contributed by atoms with Crippen LogP contribution in [0.3, 0.4) is 0 Å². The van der Waals surface area contributed by atoms with Crippen LogP contribution < -0.4 is 21.1 Å². The highest BCUT2D eigenvalue weighted by molar-refractivity contribution is 7.90. The number of nitrogen functional groups attached to an aromatic ring is 1. The van der Waals surface area contributed by atoms with E-state index in [2.05, 4.69) is 25.7 Å². The van der Waals surface area contributed by atoms with Crippen molar-refractivity contribution in [3.8, 4) is 22.6 Å². The number of nitrogens with one attached hydrogen (secondary N) is 3. The molecule has 2 amide bonds. The summed E-state index contributed by atoms with van der Waals surface area (Å²) in [6, 6.07) is 12.3. The molecule has 0 saturated carbocycles. The van der Waals surface area contributed by atoms with Gasteiger partial charge in [-0.25, -0.2) is 32.7 Å². The van der Waals surface area contributed by atoms with E-state index in [4.69, 9.17) is 20.1 Å². The number of carboxylic acids is 1. The quantitative estimate of drug-likeness (QED) is 0.165. The predicted molar refractivity (Wildman–Crippen MR) is 168 cm³/mol. The Bertz CT molecular complexity index is 2060. The zero-order chi connectivity index (χ0) is 34.6. The Labute approximate surface area is 271 Å². The molecule has 0 aliphatic carbocycles. The number of hydrogen-bond acceptors (Lipinski definition) is 10. The number of alkyl halides is 3. The van der Waals surface area contributed by atoms with E-state index in [0.29, 0.717) is 28.4 Å². The number of piperidine rings is 1. The van der Waals surface area contributed by atoms with E-state index in [1.807, 2.05) is 34.8 Å². The molecule has 0 spiro atoms. The summed E-state index contributed by atoms with van der Waals surface area (Å²) in [7, 11) is -4.04. The maximum atomic E-state index is 12.5. The lowest BCUT2D eigenvalue weighted by atomic mass is 10.1. The van der Waals surface area contributed by atoms with E-state index in [9.17, 15) is 26.4 Å². The van der Waals surface area contributed by atoms with Crippen LogP contribution in [0.5, 0.6) is 0 Å². The van der Waals surface area contributed by atoms with Crippen molar-refractivity contribution in [1.82, 2.24) is 29.8 Å². The molecule has 4 heterocycles. The number of aromatic nitrogens is 4. The molecule has 0 radical (unpaired) electrons. The second-order valence-electron chi connectivity index (χ2n) is 10.7. The van der Waals surface area contributed by atoms with Gasteiger partial charge in [0, 0.05) is 35.3 Å². The number of anilines is 2. The third-order valence-corrected chi connectivity index (χ3v) is 8.56. The average Bonchev–Trinajstić information content (AvgIpc) is 3.69. The Morgan fingerprint density at radius 2 is 1.75 bits per heavy atom. The molecule has 2 aromatic carbocycles. The SMILES string of the molecule is Cc1ccc(S(=O)(=O)NC(=O)Nc2ccc3nc(-c4cc(-c5cnn(C6CCNCC6)c5)cnc4N)oc3c2)cc1.O=C(O)C(F)(F)F. The number of carbonyl (C=O) groups excluding carboxylic acids is 1. The highest BCUT2D eigenvalue weighted by Gasteiger charge is 2.38. The molecule has 1 fully saturated rings. The van der Waals surface area contributed by atoms with Gasteiger partial charge in [0.15, 0.2) is 5.58 Å². The molecule has 0 atom stereocenters. The molecule has 6 N–H and O–H groups in total. The van der Waals surface area contributed by atoms with Gasteiger partial charge >= 0.3 is 18.2 Å². The van der Waals surface area contributed by atoms with Crippen molar-refractivity contribution in [2.45, 2.75) is 36.9 Å². The third-order valence-electron chi connectivity index (χ3n) is 7.21. The van der Waals surface area contributed by atoms with Crippen molar-refractivity contribution in [2.75, 3.05) is 24.1 Å². The van der Waals surface area contributed by atoms with Gasteiger partial charge in [-0.1, -0.05) is 17.7 Å². The third kappa shape index (κ3) is 8.07. The van der Waals surface area contributed by atoms with E-state index >= 15 is 0 Å². The van der Waals surface area contributed by atoms with Crippen molar-refractivity contribution in [2.24, 2.45) is 0 Å². The summed E-state index contributed by atoms with van der Waals surface area (Å²) < 4.78 is 66.8. The van der Waals surface area contributed by atoms with Crippen molar-refractivity contribution in [3.63, 3.8) is 0 Å². The summed E-state index contributed by atoms with van der Waals surface area (Å²) in [5, 5.41) is 17.6. The maximum Gasteiger partial charge on any atom is 0.490 e. The number of hydrogen-bond donors (Lipinski definition) is 5. The minimum absolute atomic E-state index is 0.0133. The van der Waals surface area contributed by atoms with E-state index in [1.54, 1.807) is 36.5 Å². The number of halogens is 3. The lowest BCUT2D eigenvalue weighted by Gasteiger charge is -2.22. The van der Waals surface area contributed by atoms with E-state index < -0.39 is 28.2 Å². The van der Waals surface area contributed by atoms with Crippen LogP contribution in [0.1, 0.15) is 24.4 Å². The monoisotopic (exact) mass is 686 g/mol. The fourth-order valence-electron chi connectivity index (χ4n) is 4.74. The summed E-state index contributed by atoms with van der Waals surface area (Å²) >= 11 is 0. The number of sulfonamides is 1. The maximum absolute atomic E-state index is 12.5. The molecule has 0 bridgehead atoms. The molecule has 18 heteroatoms. The second kappa shape index (κ2) is 13.7. The van der Waals surface area contributed by atoms with Crippen molar-refractivity contribution in [3.05, 3.63) is 72.7 Å². The highest BCUT2D eigenvalue weighted by Crippen LogP contribution is 2.32. The van der Waals surface area contributed by atoms with Gasteiger partial charge in [0.05, 0.1) is 22.7 Å². The van der Waals surface area contributed by atoms with Gasteiger partial charge in [0.2, 0.25) is 5.89 Å². The molecule has 252 valence electrons. The molecule has 1 aliphatic rings. The Morgan fingerprint density at radius 3 is 2.42 bits per heavy atom. The molecular weight excluding hydrogens is 657 g/mol. The standard InChI is InChI=1S/C28H28N8O4S.C2HF3O2/c1-17-2-5-22(6-3-17)41(38,39)35-28(37)33-20-4-7-24-25(13-20)40-27(34-24)23-12-18(14-31-26(23)29)19-15-32-36(16-19)21-8-10-30-11-9-21;3-2(4,5)1(6)7/h2-7,12-16,21,30H,8-11H2,1H3,(H2,29,31)(H2,33,35,37);(H,6,7). The number of nitrogens with two attached hydrogens (primary N) is 1. The predicted octanol–water partition coefficient (Wildman–Crippen LogP) is 4.71. The zero-order valence-electron chi connectivity index (χ0n) is 25.2. The van der Waals surface area contributed by atoms with Gasteiger partial charge < -0.3 is 25.9 Å². The number of amides is 2. The minimum Gasteiger partial charge on any atom is -0.475 e. The lowest BCUT2D eigenvalue weighted by molar-refractivity contribution is -0.192. The zero-order valence-corrected chi connectivity index (χ0v) is 26.0. The summed E-state index contributed by atoms with van der Waals surface area (Å²) in [4.78, 5) is 30.2. The Hall–Kier alpha value is -5.49. The number of aryl methyl sites for hydroxylation is 1. The summed E-state index contributed by atoms with van der Waals surface area (Å²) in [5.41, 5.74) is 10.6. The highest BCUT2D eigenvalue weighted by atomic mass is 32.2. The molecule has 6 rings (SSSR count). The van der Waals surface area contributed by atoms with E-state index in [-0.39, 0.29) is 16.6 Å². The fraction of sp³-hybridized carbons (Fsp3) is 0.233. The number of pyridine rings is 1. The van der Waals surface area contributed by atoms with Crippen LogP contribution in [0.25, 0.3) is 33.7 Å². The molecule has 48 heavy (non-hydrogen) atoms. The number of fused-ring (bicyclic) bond motifs is 1. The molecule has 1 aliphatic heterocycles. The minimum atomic E-state index is -5.08. The lowest BCUT2D eigenvalue weighted by Crippen LogP contribution is -2.34. The van der Waals surface area contributed by atoms with Gasteiger partial charge in [0.1, 0.15) is 11.3 Å². The first-order valence-corrected chi connectivity index (χ1v) is 15.8. The average molecular weight is 687 g/mol. The summed E-state index contributed by atoms with van der Waals surface area (Å²) in [6.45, 7) is 3.79. The van der Waals surface area contributed by atoms with Gasteiger partial charge in [0.25, 0.3) is 10.0 Å². The van der Waals surface area contributed by atoms with Crippen LogP contribution in [0, 0.1) is 6.92 Å².